The maximum atomic E-state index is 12.3. The molecule has 5 rings (SSSR count). The van der Waals surface area contributed by atoms with Gasteiger partial charge in [0.15, 0.2) is 17.6 Å². The first-order valence-corrected chi connectivity index (χ1v) is 15.4. The van der Waals surface area contributed by atoms with Crippen LogP contribution in [0.4, 0.5) is 0 Å². The third kappa shape index (κ3) is 8.51. The van der Waals surface area contributed by atoms with Gasteiger partial charge in [0.05, 0.1) is 18.8 Å². The maximum Gasteiger partial charge on any atom is 0.303 e. The van der Waals surface area contributed by atoms with Crippen LogP contribution in [0.1, 0.15) is 54.9 Å². The molecule has 1 amide bonds. The van der Waals surface area contributed by atoms with Gasteiger partial charge in [0.25, 0.3) is 5.91 Å². The number of amides is 1. The molecule has 0 bridgehead atoms. The summed E-state index contributed by atoms with van der Waals surface area (Å²) in [5.41, 5.74) is 5.63. The Morgan fingerprint density at radius 1 is 0.955 bits per heavy atom. The lowest BCUT2D eigenvalue weighted by molar-refractivity contribution is -0.245. The summed E-state index contributed by atoms with van der Waals surface area (Å²) in [6, 6.07) is 25.6. The fourth-order valence-electron chi connectivity index (χ4n) is 4.91. The number of carbonyl (C=O) groups excluding carboxylic acids is 2. The second-order valence-corrected chi connectivity index (χ2v) is 11.5. The lowest BCUT2D eigenvalue weighted by Gasteiger charge is -2.36. The van der Waals surface area contributed by atoms with Crippen molar-refractivity contribution in [2.75, 3.05) is 5.75 Å². The van der Waals surface area contributed by atoms with Crippen LogP contribution in [0.2, 0.25) is 0 Å². The van der Waals surface area contributed by atoms with Crippen molar-refractivity contribution in [1.29, 1.82) is 0 Å². The van der Waals surface area contributed by atoms with Crippen LogP contribution in [-0.4, -0.2) is 44.9 Å². The van der Waals surface area contributed by atoms with Crippen molar-refractivity contribution in [1.82, 2.24) is 15.3 Å². The highest BCUT2D eigenvalue weighted by Crippen LogP contribution is 2.40. The van der Waals surface area contributed by atoms with Gasteiger partial charge in [-0.1, -0.05) is 72.4 Å². The Bertz CT molecular complexity index is 1550. The van der Waals surface area contributed by atoms with Gasteiger partial charge in [-0.05, 0) is 52.9 Å². The highest BCUT2D eigenvalue weighted by Gasteiger charge is 2.32. The van der Waals surface area contributed by atoms with Crippen LogP contribution in [0.3, 0.4) is 0 Å². The van der Waals surface area contributed by atoms with Gasteiger partial charge in [0.1, 0.15) is 0 Å². The first kappa shape index (κ1) is 31.3. The van der Waals surface area contributed by atoms with E-state index in [1.165, 1.54) is 6.92 Å². The molecule has 1 fully saturated rings. The molecular formula is C34H35N3O6S. The van der Waals surface area contributed by atoms with Crippen molar-refractivity contribution >= 4 is 23.6 Å². The summed E-state index contributed by atoms with van der Waals surface area (Å²) < 4.78 is 18.0. The fourth-order valence-corrected chi connectivity index (χ4v) is 5.73. The van der Waals surface area contributed by atoms with Crippen molar-refractivity contribution < 1.29 is 28.9 Å². The number of nitrogens with one attached hydrogen (secondary N) is 1. The Kier molecular flexibility index (Phi) is 10.7. The predicted molar refractivity (Wildman–Crippen MR) is 166 cm³/mol. The Labute approximate surface area is 261 Å². The quantitative estimate of drug-likeness (QED) is 0.128. The van der Waals surface area contributed by atoms with Gasteiger partial charge in [-0.15, -0.1) is 0 Å². The van der Waals surface area contributed by atoms with Crippen LogP contribution in [0, 0.1) is 0 Å². The van der Waals surface area contributed by atoms with E-state index in [0.717, 1.165) is 33.4 Å². The molecule has 4 aromatic rings. The maximum absolute atomic E-state index is 12.3. The molecule has 4 atom stereocenters. The standard InChI is InChI=1S/C34H35N3O6S/c1-22(41-23(2)39)32(40)37-19-25-6-3-7-27(16-25)28-8-4-9-29(17-28)33-42-30(21-44-34-35-14-5-15-36-34)18-31(43-33)26-12-10-24(20-38)11-13-26/h3-17,22,30-31,33,38H,18-21H2,1-2H3,(H,37,40)/t22-,30+,31-,33-/m0/s1. The highest BCUT2D eigenvalue weighted by atomic mass is 32.2. The van der Waals surface area contributed by atoms with E-state index in [9.17, 15) is 14.7 Å². The normalized spacial score (nSPS) is 18.8. The van der Waals surface area contributed by atoms with Crippen LogP contribution in [0.15, 0.2) is 96.4 Å². The number of nitrogens with zero attached hydrogens (tertiary/aromatic N) is 2. The van der Waals surface area contributed by atoms with Crippen LogP contribution >= 0.6 is 11.8 Å². The SMILES string of the molecule is CC(=O)O[C@@H](C)C(=O)NCc1cccc(-c2cccc([C@H]3O[C@@H](CSc4ncccn4)C[C@@H](c4ccc(CO)cc4)O3)c2)c1. The monoisotopic (exact) mass is 613 g/mol. The van der Waals surface area contributed by atoms with E-state index in [4.69, 9.17) is 14.2 Å². The van der Waals surface area contributed by atoms with Crippen LogP contribution in [0.25, 0.3) is 11.1 Å². The Balaban J connectivity index is 1.33. The summed E-state index contributed by atoms with van der Waals surface area (Å²) in [6.45, 7) is 3.11. The fraction of sp³-hybridized carbons (Fsp3) is 0.294. The average Bonchev–Trinajstić information content (AvgIpc) is 3.06. The number of hydrogen-bond donors (Lipinski definition) is 2. The number of thioether (sulfide) groups is 1. The Morgan fingerprint density at radius 2 is 1.68 bits per heavy atom. The van der Waals surface area contributed by atoms with E-state index < -0.39 is 18.4 Å². The summed E-state index contributed by atoms with van der Waals surface area (Å²) in [7, 11) is 0. The molecule has 1 aromatic heterocycles. The molecule has 2 heterocycles. The van der Waals surface area contributed by atoms with Gasteiger partial charge in [0.2, 0.25) is 0 Å². The molecule has 1 aliphatic rings. The molecule has 0 spiro atoms. The first-order valence-electron chi connectivity index (χ1n) is 14.4. The van der Waals surface area contributed by atoms with Gasteiger partial charge < -0.3 is 24.6 Å². The second kappa shape index (κ2) is 15.1. The molecule has 0 radical (unpaired) electrons. The van der Waals surface area contributed by atoms with Crippen molar-refractivity contribution in [2.24, 2.45) is 0 Å². The van der Waals surface area contributed by atoms with Crippen LogP contribution in [-0.2, 0) is 37.0 Å². The Hall–Kier alpha value is -4.09. The molecule has 1 saturated heterocycles. The van der Waals surface area contributed by atoms with E-state index in [2.05, 4.69) is 21.4 Å². The van der Waals surface area contributed by atoms with E-state index in [0.29, 0.717) is 23.9 Å². The van der Waals surface area contributed by atoms with Crippen molar-refractivity contribution in [2.45, 2.75) is 63.2 Å². The van der Waals surface area contributed by atoms with Gasteiger partial charge in [-0.25, -0.2) is 9.97 Å². The van der Waals surface area contributed by atoms with Gasteiger partial charge in [0, 0.05) is 43.6 Å². The number of hydrogen-bond acceptors (Lipinski definition) is 9. The van der Waals surface area contributed by atoms with E-state index in [1.54, 1.807) is 37.1 Å². The number of esters is 1. The third-order valence-electron chi connectivity index (χ3n) is 7.15. The van der Waals surface area contributed by atoms with Gasteiger partial charge >= 0.3 is 5.97 Å². The topological polar surface area (TPSA) is 120 Å². The summed E-state index contributed by atoms with van der Waals surface area (Å²) in [4.78, 5) is 32.1. The smallest absolute Gasteiger partial charge is 0.303 e. The van der Waals surface area contributed by atoms with Gasteiger partial charge in [-0.3, -0.25) is 9.59 Å². The zero-order valence-electron chi connectivity index (χ0n) is 24.6. The molecule has 1 aliphatic heterocycles. The number of aliphatic hydroxyl groups is 1. The summed E-state index contributed by atoms with van der Waals surface area (Å²) >= 11 is 1.55. The number of benzene rings is 3. The Morgan fingerprint density at radius 3 is 2.41 bits per heavy atom. The molecule has 0 unspecified atom stereocenters. The lowest BCUT2D eigenvalue weighted by atomic mass is 9.99. The third-order valence-corrected chi connectivity index (χ3v) is 8.16. The van der Waals surface area contributed by atoms with E-state index >= 15 is 0 Å². The highest BCUT2D eigenvalue weighted by molar-refractivity contribution is 7.99. The van der Waals surface area contributed by atoms with Crippen molar-refractivity contribution in [3.63, 3.8) is 0 Å². The number of rotatable bonds is 11. The van der Waals surface area contributed by atoms with Gasteiger partial charge in [-0.2, -0.15) is 0 Å². The van der Waals surface area contributed by atoms with E-state index in [-0.39, 0.29) is 24.7 Å². The number of aromatic nitrogens is 2. The lowest BCUT2D eigenvalue weighted by Crippen LogP contribution is -2.35. The zero-order chi connectivity index (χ0) is 30.9. The van der Waals surface area contributed by atoms with E-state index in [1.807, 2.05) is 66.7 Å². The molecule has 0 saturated carbocycles. The van der Waals surface area contributed by atoms with Crippen molar-refractivity contribution in [3.05, 3.63) is 114 Å². The largest absolute Gasteiger partial charge is 0.453 e. The summed E-state index contributed by atoms with van der Waals surface area (Å²) in [5.74, 6) is -0.188. The minimum atomic E-state index is -0.859. The predicted octanol–water partition coefficient (Wildman–Crippen LogP) is 5.54. The molecule has 0 aliphatic carbocycles. The molecule has 228 valence electrons. The van der Waals surface area contributed by atoms with Crippen LogP contribution in [0.5, 0.6) is 0 Å². The average molecular weight is 614 g/mol. The summed E-state index contributed by atoms with van der Waals surface area (Å²) in [6.07, 6.45) is 2.35. The first-order chi connectivity index (χ1) is 21.4. The minimum Gasteiger partial charge on any atom is -0.453 e. The number of ether oxygens (including phenoxy) is 3. The minimum absolute atomic E-state index is 0.0123. The molecule has 9 nitrogen and oxygen atoms in total. The molecular weight excluding hydrogens is 578 g/mol. The van der Waals surface area contributed by atoms with Crippen molar-refractivity contribution in [3.8, 4) is 11.1 Å². The number of aliphatic hydroxyl groups excluding tert-OH is 1. The summed E-state index contributed by atoms with van der Waals surface area (Å²) in [5, 5.41) is 13.0. The molecule has 2 N–H and O–H groups in total. The molecule has 10 heteroatoms. The number of carbonyl (C=O) groups is 2. The zero-order valence-corrected chi connectivity index (χ0v) is 25.4. The second-order valence-electron chi connectivity index (χ2n) is 10.5. The molecule has 3 aromatic carbocycles. The molecule has 44 heavy (non-hydrogen) atoms. The van der Waals surface area contributed by atoms with Crippen LogP contribution < -0.4 is 5.32 Å².